The number of hydrogen-bond donors (Lipinski definition) is 1. The van der Waals surface area contributed by atoms with Crippen LogP contribution in [0.15, 0.2) is 22.7 Å². The number of rotatable bonds is 1. The number of carbonyl (C=O) groups is 1. The highest BCUT2D eigenvalue weighted by Crippen LogP contribution is 2.27. The van der Waals surface area contributed by atoms with Crippen LogP contribution in [0.25, 0.3) is 0 Å². The lowest BCUT2D eigenvalue weighted by Gasteiger charge is -2.11. The highest BCUT2D eigenvalue weighted by atomic mass is 79.9. The molecule has 0 spiro atoms. The molecule has 1 atom stereocenters. The van der Waals surface area contributed by atoms with Gasteiger partial charge in [0.15, 0.2) is 0 Å². The van der Waals surface area contributed by atoms with Crippen molar-refractivity contribution < 1.29 is 4.79 Å². The van der Waals surface area contributed by atoms with Crippen molar-refractivity contribution in [2.24, 2.45) is 0 Å². The number of aryl methyl sites for hydroxylation is 1. The van der Waals surface area contributed by atoms with E-state index in [0.29, 0.717) is 12.3 Å². The Morgan fingerprint density at radius 3 is 2.86 bits per heavy atom. The van der Waals surface area contributed by atoms with E-state index in [4.69, 9.17) is 0 Å². The van der Waals surface area contributed by atoms with Crippen molar-refractivity contribution in [3.63, 3.8) is 0 Å². The minimum atomic E-state index is 0.164. The van der Waals surface area contributed by atoms with E-state index in [9.17, 15) is 4.79 Å². The molecule has 74 valence electrons. The Morgan fingerprint density at radius 1 is 1.50 bits per heavy atom. The summed E-state index contributed by atoms with van der Waals surface area (Å²) in [4.78, 5) is 11.1. The Morgan fingerprint density at radius 2 is 2.29 bits per heavy atom. The van der Waals surface area contributed by atoms with Gasteiger partial charge in [-0.05, 0) is 30.2 Å². The minimum absolute atomic E-state index is 0.164. The monoisotopic (exact) mass is 253 g/mol. The summed E-state index contributed by atoms with van der Waals surface area (Å²) >= 11 is 3.43. The molecule has 1 aromatic rings. The summed E-state index contributed by atoms with van der Waals surface area (Å²) in [7, 11) is 0. The molecule has 1 unspecified atom stereocenters. The lowest BCUT2D eigenvalue weighted by atomic mass is 9.94. The number of carbonyl (C=O) groups excluding carboxylic acids is 1. The Kier molecular flexibility index (Phi) is 2.59. The molecule has 1 N–H and O–H groups in total. The second-order valence-electron chi connectivity index (χ2n) is 3.71. The van der Waals surface area contributed by atoms with Crippen LogP contribution < -0.4 is 5.32 Å². The second kappa shape index (κ2) is 3.73. The van der Waals surface area contributed by atoms with E-state index >= 15 is 0 Å². The summed E-state index contributed by atoms with van der Waals surface area (Å²) in [5.74, 6) is 0.521. The zero-order valence-electron chi connectivity index (χ0n) is 8.01. The van der Waals surface area contributed by atoms with Crippen LogP contribution in [0.5, 0.6) is 0 Å². The van der Waals surface area contributed by atoms with Crippen molar-refractivity contribution in [2.75, 3.05) is 6.54 Å². The lowest BCUT2D eigenvalue weighted by molar-refractivity contribution is -0.119. The van der Waals surface area contributed by atoms with E-state index in [1.54, 1.807) is 0 Å². The summed E-state index contributed by atoms with van der Waals surface area (Å²) in [6.07, 6.45) is 0.627. The normalized spacial score (nSPS) is 21.0. The highest BCUT2D eigenvalue weighted by molar-refractivity contribution is 9.10. The van der Waals surface area contributed by atoms with E-state index in [1.165, 1.54) is 11.1 Å². The standard InChI is InChI=1S/C11H12BrNO/c1-7-4-9(12)2-3-10(7)8-5-11(14)13-6-8/h2-4,8H,5-6H2,1H3,(H,13,14). The fourth-order valence-electron chi connectivity index (χ4n) is 1.92. The summed E-state index contributed by atoms with van der Waals surface area (Å²) in [5, 5.41) is 2.86. The molecule has 1 aromatic carbocycles. The predicted octanol–water partition coefficient (Wildman–Crippen LogP) is 2.36. The third-order valence-electron chi connectivity index (χ3n) is 2.65. The van der Waals surface area contributed by atoms with Gasteiger partial charge in [-0.15, -0.1) is 0 Å². The van der Waals surface area contributed by atoms with Gasteiger partial charge in [0.1, 0.15) is 0 Å². The van der Waals surface area contributed by atoms with E-state index in [1.807, 2.05) is 6.07 Å². The van der Waals surface area contributed by atoms with Crippen LogP contribution in [0.2, 0.25) is 0 Å². The van der Waals surface area contributed by atoms with Crippen molar-refractivity contribution in [1.29, 1.82) is 0 Å². The predicted molar refractivity (Wildman–Crippen MR) is 59.2 cm³/mol. The number of halogens is 1. The molecule has 1 fully saturated rings. The lowest BCUT2D eigenvalue weighted by Crippen LogP contribution is -2.13. The van der Waals surface area contributed by atoms with Crippen LogP contribution in [0.1, 0.15) is 23.5 Å². The number of benzene rings is 1. The first-order valence-electron chi connectivity index (χ1n) is 4.69. The van der Waals surface area contributed by atoms with Crippen LogP contribution >= 0.6 is 15.9 Å². The van der Waals surface area contributed by atoms with Gasteiger partial charge >= 0.3 is 0 Å². The maximum absolute atomic E-state index is 11.1. The SMILES string of the molecule is Cc1cc(Br)ccc1C1CNC(=O)C1. The van der Waals surface area contributed by atoms with Gasteiger partial charge in [-0.2, -0.15) is 0 Å². The largest absolute Gasteiger partial charge is 0.355 e. The molecule has 3 heteroatoms. The number of hydrogen-bond acceptors (Lipinski definition) is 1. The molecule has 2 rings (SSSR count). The molecule has 1 amide bonds. The quantitative estimate of drug-likeness (QED) is 0.818. The minimum Gasteiger partial charge on any atom is -0.355 e. The van der Waals surface area contributed by atoms with Gasteiger partial charge < -0.3 is 5.32 Å². The fraction of sp³-hybridized carbons (Fsp3) is 0.364. The second-order valence-corrected chi connectivity index (χ2v) is 4.62. The Balaban J connectivity index is 2.28. The maximum atomic E-state index is 11.1. The summed E-state index contributed by atoms with van der Waals surface area (Å²) in [6, 6.07) is 6.23. The zero-order valence-corrected chi connectivity index (χ0v) is 9.60. The molecule has 14 heavy (non-hydrogen) atoms. The van der Waals surface area contributed by atoms with Crippen molar-refractivity contribution in [2.45, 2.75) is 19.3 Å². The van der Waals surface area contributed by atoms with Crippen molar-refractivity contribution in [1.82, 2.24) is 5.32 Å². The average molecular weight is 254 g/mol. The molecule has 0 radical (unpaired) electrons. The van der Waals surface area contributed by atoms with E-state index in [2.05, 4.69) is 40.3 Å². The molecule has 0 aromatic heterocycles. The maximum Gasteiger partial charge on any atom is 0.220 e. The van der Waals surface area contributed by atoms with E-state index in [-0.39, 0.29) is 5.91 Å². The van der Waals surface area contributed by atoms with Gasteiger partial charge in [0.25, 0.3) is 0 Å². The molecule has 0 saturated carbocycles. The van der Waals surface area contributed by atoms with Crippen LogP contribution in [0, 0.1) is 6.92 Å². The van der Waals surface area contributed by atoms with Crippen molar-refractivity contribution in [3.05, 3.63) is 33.8 Å². The first kappa shape index (κ1) is 9.71. The first-order chi connectivity index (χ1) is 6.66. The van der Waals surface area contributed by atoms with Gasteiger partial charge in [-0.3, -0.25) is 4.79 Å². The van der Waals surface area contributed by atoms with Gasteiger partial charge in [0, 0.05) is 23.4 Å². The van der Waals surface area contributed by atoms with Crippen molar-refractivity contribution >= 4 is 21.8 Å². The molecule has 0 aliphatic carbocycles. The van der Waals surface area contributed by atoms with Gasteiger partial charge in [-0.25, -0.2) is 0 Å². The molecule has 1 aliphatic heterocycles. The van der Waals surface area contributed by atoms with Crippen molar-refractivity contribution in [3.8, 4) is 0 Å². The van der Waals surface area contributed by atoms with Gasteiger partial charge in [-0.1, -0.05) is 22.0 Å². The summed E-state index contributed by atoms with van der Waals surface area (Å²) in [5.41, 5.74) is 2.53. The Labute approximate surface area is 91.8 Å². The van der Waals surface area contributed by atoms with Crippen LogP contribution in [0.4, 0.5) is 0 Å². The Hall–Kier alpha value is -0.830. The van der Waals surface area contributed by atoms with E-state index < -0.39 is 0 Å². The molecular weight excluding hydrogens is 242 g/mol. The molecule has 1 heterocycles. The summed E-state index contributed by atoms with van der Waals surface area (Å²) in [6.45, 7) is 2.87. The molecule has 1 saturated heterocycles. The fourth-order valence-corrected chi connectivity index (χ4v) is 2.40. The zero-order chi connectivity index (χ0) is 10.1. The molecule has 2 nitrogen and oxygen atoms in total. The Bertz CT molecular complexity index is 376. The average Bonchev–Trinajstić information content (AvgIpc) is 2.51. The van der Waals surface area contributed by atoms with Gasteiger partial charge in [0.05, 0.1) is 0 Å². The van der Waals surface area contributed by atoms with Gasteiger partial charge in [0.2, 0.25) is 5.91 Å². The third kappa shape index (κ3) is 1.82. The highest BCUT2D eigenvalue weighted by Gasteiger charge is 2.23. The summed E-state index contributed by atoms with van der Waals surface area (Å²) < 4.78 is 1.09. The number of amides is 1. The first-order valence-corrected chi connectivity index (χ1v) is 5.49. The smallest absolute Gasteiger partial charge is 0.220 e. The molecule has 1 aliphatic rings. The molecular formula is C11H12BrNO. The van der Waals surface area contributed by atoms with Crippen LogP contribution in [0.3, 0.4) is 0 Å². The third-order valence-corrected chi connectivity index (χ3v) is 3.14. The van der Waals surface area contributed by atoms with Crippen LogP contribution in [-0.4, -0.2) is 12.5 Å². The van der Waals surface area contributed by atoms with Crippen LogP contribution in [-0.2, 0) is 4.79 Å². The number of nitrogens with one attached hydrogen (secondary N) is 1. The molecule has 0 bridgehead atoms. The van der Waals surface area contributed by atoms with E-state index in [0.717, 1.165) is 11.0 Å². The topological polar surface area (TPSA) is 29.1 Å².